The first-order chi connectivity index (χ1) is 8.22. The first-order valence-corrected chi connectivity index (χ1v) is 6.74. The Labute approximate surface area is 110 Å². The summed E-state index contributed by atoms with van der Waals surface area (Å²) in [6, 6.07) is 5.78. The monoisotopic (exact) mass is 297 g/mol. The molecule has 0 atom stereocenters. The molecule has 3 nitrogen and oxygen atoms in total. The van der Waals surface area contributed by atoms with E-state index in [0.29, 0.717) is 19.6 Å². The number of rotatable bonds is 3. The third-order valence-corrected chi connectivity index (χ3v) is 3.32. The molecule has 4 heteroatoms. The van der Waals surface area contributed by atoms with Crippen molar-refractivity contribution in [2.24, 2.45) is 0 Å². The van der Waals surface area contributed by atoms with E-state index >= 15 is 0 Å². The smallest absolute Gasteiger partial charge is 0.227 e. The van der Waals surface area contributed by atoms with Crippen molar-refractivity contribution >= 4 is 27.5 Å². The Morgan fingerprint density at radius 1 is 1.53 bits per heavy atom. The van der Waals surface area contributed by atoms with Crippen LogP contribution in [0.15, 0.2) is 22.7 Å². The molecule has 1 heterocycles. The number of benzene rings is 1. The molecule has 2 rings (SSSR count). The molecular weight excluding hydrogens is 282 g/mol. The van der Waals surface area contributed by atoms with E-state index in [2.05, 4.69) is 22.9 Å². The molecule has 1 aliphatic rings. The Balaban J connectivity index is 2.19. The maximum Gasteiger partial charge on any atom is 0.227 e. The second-order valence-corrected chi connectivity index (χ2v) is 5.03. The molecule has 0 N–H and O–H groups in total. The lowest BCUT2D eigenvalue weighted by molar-refractivity contribution is -0.119. The number of unbranched alkanes of at least 4 members (excludes halogenated alkanes) is 1. The van der Waals surface area contributed by atoms with Crippen LogP contribution in [0.1, 0.15) is 26.2 Å². The van der Waals surface area contributed by atoms with Gasteiger partial charge in [0, 0.05) is 10.9 Å². The van der Waals surface area contributed by atoms with Gasteiger partial charge in [-0.2, -0.15) is 0 Å². The van der Waals surface area contributed by atoms with Crippen molar-refractivity contribution in [3.63, 3.8) is 0 Å². The molecule has 0 radical (unpaired) electrons. The van der Waals surface area contributed by atoms with Crippen LogP contribution in [0, 0.1) is 0 Å². The maximum atomic E-state index is 12.1. The minimum atomic E-state index is 0.193. The number of ether oxygens (including phenoxy) is 1. The average molecular weight is 298 g/mol. The number of nitrogens with zero attached hydrogens (tertiary/aromatic N) is 1. The van der Waals surface area contributed by atoms with Gasteiger partial charge in [0.15, 0.2) is 0 Å². The fourth-order valence-corrected chi connectivity index (χ4v) is 2.26. The Kier molecular flexibility index (Phi) is 4.05. The summed E-state index contributed by atoms with van der Waals surface area (Å²) in [7, 11) is 0. The molecule has 0 fully saturated rings. The van der Waals surface area contributed by atoms with Gasteiger partial charge in [0.25, 0.3) is 0 Å². The molecule has 0 spiro atoms. The third-order valence-electron chi connectivity index (χ3n) is 2.83. The van der Waals surface area contributed by atoms with Gasteiger partial charge in [-0.3, -0.25) is 4.79 Å². The van der Waals surface area contributed by atoms with Gasteiger partial charge in [-0.1, -0.05) is 29.3 Å². The molecule has 1 aliphatic heterocycles. The van der Waals surface area contributed by atoms with Crippen molar-refractivity contribution in [3.8, 4) is 5.75 Å². The molecule has 17 heavy (non-hydrogen) atoms. The van der Waals surface area contributed by atoms with E-state index in [0.717, 1.165) is 28.8 Å². The van der Waals surface area contributed by atoms with Crippen molar-refractivity contribution in [2.45, 2.75) is 26.2 Å². The summed E-state index contributed by atoms with van der Waals surface area (Å²) in [5.41, 5.74) is 0.889. The third kappa shape index (κ3) is 2.80. The van der Waals surface area contributed by atoms with Crippen LogP contribution in [0.4, 0.5) is 5.69 Å². The predicted molar refractivity (Wildman–Crippen MR) is 71.5 cm³/mol. The number of carbonyl (C=O) groups excluding carboxylic acids is 1. The van der Waals surface area contributed by atoms with E-state index in [4.69, 9.17) is 4.74 Å². The molecule has 0 unspecified atom stereocenters. The maximum absolute atomic E-state index is 12.1. The SMILES string of the molecule is CCCCC(=O)N1CCOc2cc(Br)ccc21. The Morgan fingerprint density at radius 2 is 2.35 bits per heavy atom. The summed E-state index contributed by atoms with van der Waals surface area (Å²) in [5.74, 6) is 0.981. The molecule has 0 saturated heterocycles. The number of fused-ring (bicyclic) bond motifs is 1. The lowest BCUT2D eigenvalue weighted by atomic mass is 10.2. The number of halogens is 1. The van der Waals surface area contributed by atoms with E-state index < -0.39 is 0 Å². The topological polar surface area (TPSA) is 29.5 Å². The first-order valence-electron chi connectivity index (χ1n) is 5.95. The van der Waals surface area contributed by atoms with Gasteiger partial charge in [0.05, 0.1) is 12.2 Å². The normalized spacial score (nSPS) is 14.1. The summed E-state index contributed by atoms with van der Waals surface area (Å²) in [4.78, 5) is 13.9. The van der Waals surface area contributed by atoms with E-state index in [9.17, 15) is 4.79 Å². The highest BCUT2D eigenvalue weighted by molar-refractivity contribution is 9.10. The summed E-state index contributed by atoms with van der Waals surface area (Å²) < 4.78 is 6.54. The zero-order chi connectivity index (χ0) is 12.3. The van der Waals surface area contributed by atoms with Crippen LogP contribution in [-0.4, -0.2) is 19.1 Å². The van der Waals surface area contributed by atoms with Gasteiger partial charge < -0.3 is 9.64 Å². The minimum Gasteiger partial charge on any atom is -0.489 e. The van der Waals surface area contributed by atoms with Crippen LogP contribution in [0.3, 0.4) is 0 Å². The van der Waals surface area contributed by atoms with Crippen LogP contribution in [0.5, 0.6) is 5.75 Å². The van der Waals surface area contributed by atoms with Gasteiger partial charge in [-0.05, 0) is 24.6 Å². The summed E-state index contributed by atoms with van der Waals surface area (Å²) >= 11 is 3.41. The number of carbonyl (C=O) groups is 1. The Hall–Kier alpha value is -1.03. The minimum absolute atomic E-state index is 0.193. The van der Waals surface area contributed by atoms with Crippen molar-refractivity contribution < 1.29 is 9.53 Å². The van der Waals surface area contributed by atoms with Gasteiger partial charge >= 0.3 is 0 Å². The van der Waals surface area contributed by atoms with E-state index in [-0.39, 0.29) is 5.91 Å². The molecule has 0 aromatic heterocycles. The van der Waals surface area contributed by atoms with Crippen LogP contribution >= 0.6 is 15.9 Å². The lowest BCUT2D eigenvalue weighted by Crippen LogP contribution is -2.37. The fraction of sp³-hybridized carbons (Fsp3) is 0.462. The predicted octanol–water partition coefficient (Wildman–Crippen LogP) is 3.36. The van der Waals surface area contributed by atoms with Crippen LogP contribution in [-0.2, 0) is 4.79 Å². The number of hydrogen-bond donors (Lipinski definition) is 0. The van der Waals surface area contributed by atoms with Crippen molar-refractivity contribution in [3.05, 3.63) is 22.7 Å². The molecule has 0 saturated carbocycles. The zero-order valence-corrected chi connectivity index (χ0v) is 11.5. The number of amides is 1. The average Bonchev–Trinajstić information content (AvgIpc) is 2.34. The van der Waals surface area contributed by atoms with Crippen LogP contribution < -0.4 is 9.64 Å². The van der Waals surface area contributed by atoms with Crippen molar-refractivity contribution in [2.75, 3.05) is 18.1 Å². The molecular formula is C13H16BrNO2. The van der Waals surface area contributed by atoms with Gasteiger partial charge in [0.1, 0.15) is 12.4 Å². The quantitative estimate of drug-likeness (QED) is 0.856. The molecule has 0 bridgehead atoms. The Bertz CT molecular complexity index is 420. The highest BCUT2D eigenvalue weighted by Crippen LogP contribution is 2.34. The number of hydrogen-bond acceptors (Lipinski definition) is 2. The van der Waals surface area contributed by atoms with Crippen molar-refractivity contribution in [1.29, 1.82) is 0 Å². The molecule has 1 amide bonds. The summed E-state index contributed by atoms with van der Waals surface area (Å²) in [6.07, 6.45) is 2.61. The molecule has 1 aromatic carbocycles. The standard InChI is InChI=1S/C13H16BrNO2/c1-2-3-4-13(16)15-7-8-17-12-9-10(14)5-6-11(12)15/h5-6,9H,2-4,7-8H2,1H3. The van der Waals surface area contributed by atoms with Crippen LogP contribution in [0.2, 0.25) is 0 Å². The largest absolute Gasteiger partial charge is 0.489 e. The summed E-state index contributed by atoms with van der Waals surface area (Å²) in [5, 5.41) is 0. The van der Waals surface area contributed by atoms with Gasteiger partial charge in [-0.15, -0.1) is 0 Å². The van der Waals surface area contributed by atoms with E-state index in [1.807, 2.05) is 23.1 Å². The molecule has 1 aromatic rings. The zero-order valence-electron chi connectivity index (χ0n) is 9.91. The first kappa shape index (κ1) is 12.4. The highest BCUT2D eigenvalue weighted by atomic mass is 79.9. The summed E-state index contributed by atoms with van der Waals surface area (Å²) in [6.45, 7) is 3.32. The second-order valence-electron chi connectivity index (χ2n) is 4.11. The van der Waals surface area contributed by atoms with Gasteiger partial charge in [0.2, 0.25) is 5.91 Å². The van der Waals surface area contributed by atoms with E-state index in [1.54, 1.807) is 0 Å². The van der Waals surface area contributed by atoms with Crippen molar-refractivity contribution in [1.82, 2.24) is 0 Å². The Morgan fingerprint density at radius 3 is 3.12 bits per heavy atom. The number of anilines is 1. The fourth-order valence-electron chi connectivity index (χ4n) is 1.92. The molecule has 0 aliphatic carbocycles. The highest BCUT2D eigenvalue weighted by Gasteiger charge is 2.22. The van der Waals surface area contributed by atoms with E-state index in [1.165, 1.54) is 0 Å². The second kappa shape index (κ2) is 5.54. The lowest BCUT2D eigenvalue weighted by Gasteiger charge is -2.29. The van der Waals surface area contributed by atoms with Crippen LogP contribution in [0.25, 0.3) is 0 Å². The van der Waals surface area contributed by atoms with Gasteiger partial charge in [-0.25, -0.2) is 0 Å². The molecule has 92 valence electrons.